The Balaban J connectivity index is 1.60. The van der Waals surface area contributed by atoms with Gasteiger partial charge in [-0.2, -0.15) is 5.10 Å². The van der Waals surface area contributed by atoms with E-state index in [2.05, 4.69) is 4.72 Å². The van der Waals surface area contributed by atoms with Crippen LogP contribution in [0, 0.1) is 5.82 Å². The molecular formula is C20H22FN3O3S2. The van der Waals surface area contributed by atoms with Crippen LogP contribution in [-0.2, 0) is 16.6 Å². The van der Waals surface area contributed by atoms with Crippen molar-refractivity contribution in [3.05, 3.63) is 53.3 Å². The van der Waals surface area contributed by atoms with Crippen LogP contribution in [0.3, 0.4) is 0 Å². The van der Waals surface area contributed by atoms with Crippen molar-refractivity contribution in [2.75, 3.05) is 7.11 Å². The largest absolute Gasteiger partial charge is 0.495 e. The van der Waals surface area contributed by atoms with E-state index in [0.717, 1.165) is 35.5 Å². The van der Waals surface area contributed by atoms with E-state index in [9.17, 15) is 12.8 Å². The first-order valence-electron chi connectivity index (χ1n) is 9.43. The van der Waals surface area contributed by atoms with Gasteiger partial charge in [-0.25, -0.2) is 17.5 Å². The molecule has 1 N–H and O–H groups in total. The van der Waals surface area contributed by atoms with Gasteiger partial charge in [-0.1, -0.05) is 18.9 Å². The fourth-order valence-electron chi connectivity index (χ4n) is 3.67. The molecule has 2 aromatic heterocycles. The fraction of sp³-hybridized carbons (Fsp3) is 0.350. The lowest BCUT2D eigenvalue weighted by molar-refractivity contribution is 0.400. The molecule has 3 aromatic rings. The number of halogens is 1. The number of methoxy groups -OCH3 is 1. The lowest BCUT2D eigenvalue weighted by Crippen LogP contribution is -2.24. The summed E-state index contributed by atoms with van der Waals surface area (Å²) in [6.45, 7) is 0.0140. The topological polar surface area (TPSA) is 73.2 Å². The zero-order valence-corrected chi connectivity index (χ0v) is 17.6. The summed E-state index contributed by atoms with van der Waals surface area (Å²) in [4.78, 5) is 0.874. The number of thiophene rings is 1. The van der Waals surface area contributed by atoms with Crippen molar-refractivity contribution in [1.29, 1.82) is 0 Å². The Kier molecular flexibility index (Phi) is 5.71. The van der Waals surface area contributed by atoms with Gasteiger partial charge in [-0.15, -0.1) is 11.3 Å². The van der Waals surface area contributed by atoms with E-state index in [4.69, 9.17) is 9.84 Å². The van der Waals surface area contributed by atoms with Crippen molar-refractivity contribution in [2.45, 2.75) is 43.2 Å². The summed E-state index contributed by atoms with van der Waals surface area (Å²) in [6.07, 6.45) is 4.50. The highest BCUT2D eigenvalue weighted by molar-refractivity contribution is 7.89. The number of nitrogens with zero attached hydrogens (tertiary/aromatic N) is 2. The average molecular weight is 436 g/mol. The summed E-state index contributed by atoms with van der Waals surface area (Å²) in [6, 6.07) is 9.71. The first-order valence-corrected chi connectivity index (χ1v) is 11.8. The lowest BCUT2D eigenvalue weighted by Gasteiger charge is -2.13. The molecule has 0 unspecified atom stereocenters. The molecule has 0 atom stereocenters. The van der Waals surface area contributed by atoms with Crippen LogP contribution >= 0.6 is 11.3 Å². The Morgan fingerprint density at radius 2 is 2.07 bits per heavy atom. The second-order valence-corrected chi connectivity index (χ2v) is 9.68. The maximum atomic E-state index is 13.6. The van der Waals surface area contributed by atoms with E-state index in [0.29, 0.717) is 11.7 Å². The number of rotatable bonds is 7. The van der Waals surface area contributed by atoms with E-state index in [1.165, 1.54) is 26.0 Å². The third-order valence-electron chi connectivity index (χ3n) is 5.09. The molecule has 9 heteroatoms. The van der Waals surface area contributed by atoms with Crippen molar-refractivity contribution in [3.8, 4) is 16.3 Å². The minimum atomic E-state index is -3.96. The molecule has 1 aliphatic rings. The predicted octanol–water partition coefficient (Wildman–Crippen LogP) is 4.35. The van der Waals surface area contributed by atoms with E-state index in [-0.39, 0.29) is 17.2 Å². The van der Waals surface area contributed by atoms with Crippen molar-refractivity contribution in [3.63, 3.8) is 0 Å². The molecule has 0 aliphatic heterocycles. The van der Waals surface area contributed by atoms with Crippen LogP contribution in [0.15, 0.2) is 46.7 Å². The number of hydrogen-bond donors (Lipinski definition) is 1. The molecule has 2 heterocycles. The zero-order valence-electron chi connectivity index (χ0n) is 16.0. The van der Waals surface area contributed by atoms with Crippen molar-refractivity contribution >= 4 is 21.4 Å². The molecule has 29 heavy (non-hydrogen) atoms. The first-order chi connectivity index (χ1) is 14.0. The molecular weight excluding hydrogens is 413 g/mol. The van der Waals surface area contributed by atoms with Crippen molar-refractivity contribution < 1.29 is 17.5 Å². The molecule has 1 saturated carbocycles. The molecule has 6 nitrogen and oxygen atoms in total. The average Bonchev–Trinajstić information content (AvgIpc) is 3.47. The van der Waals surface area contributed by atoms with Gasteiger partial charge >= 0.3 is 0 Å². The third-order valence-corrected chi connectivity index (χ3v) is 7.40. The first kappa shape index (κ1) is 20.1. The number of benzene rings is 1. The standard InChI is InChI=1S/C20H22FN3O3S2/c1-27-18-9-8-14(21)11-20(18)29(25,26)22-13-15-12-17(19-7-4-10-28-19)24(23-15)16-5-2-3-6-16/h4,7-12,16,22H,2-3,5-6,13H2,1H3. The van der Waals surface area contributed by atoms with E-state index in [1.54, 1.807) is 11.3 Å². The maximum absolute atomic E-state index is 13.6. The number of aromatic nitrogens is 2. The molecule has 0 radical (unpaired) electrons. The highest BCUT2D eigenvalue weighted by atomic mass is 32.2. The van der Waals surface area contributed by atoms with Gasteiger partial charge in [0.1, 0.15) is 16.5 Å². The second-order valence-electron chi connectivity index (χ2n) is 7.00. The molecule has 0 amide bonds. The van der Waals surface area contributed by atoms with Gasteiger partial charge in [0.2, 0.25) is 10.0 Å². The van der Waals surface area contributed by atoms with E-state index < -0.39 is 15.8 Å². The monoisotopic (exact) mass is 435 g/mol. The summed E-state index contributed by atoms with van der Waals surface area (Å²) >= 11 is 1.63. The van der Waals surface area contributed by atoms with Gasteiger partial charge in [0, 0.05) is 0 Å². The summed E-state index contributed by atoms with van der Waals surface area (Å²) in [7, 11) is -2.61. The maximum Gasteiger partial charge on any atom is 0.244 e. The van der Waals surface area contributed by atoms with Crippen LogP contribution in [0.2, 0.25) is 0 Å². The Bertz CT molecular complexity index is 1090. The van der Waals surface area contributed by atoms with Gasteiger partial charge in [-0.05, 0) is 48.6 Å². The highest BCUT2D eigenvalue weighted by Gasteiger charge is 2.24. The smallest absolute Gasteiger partial charge is 0.244 e. The number of ether oxygens (including phenoxy) is 1. The van der Waals surface area contributed by atoms with Crippen LogP contribution in [0.25, 0.3) is 10.6 Å². The molecule has 1 fully saturated rings. The Morgan fingerprint density at radius 3 is 2.76 bits per heavy atom. The summed E-state index contributed by atoms with van der Waals surface area (Å²) in [5, 5.41) is 6.71. The Labute approximate surface area is 173 Å². The second kappa shape index (κ2) is 8.25. The molecule has 1 aliphatic carbocycles. The third kappa shape index (κ3) is 4.22. The molecule has 1 aromatic carbocycles. The predicted molar refractivity (Wildman–Crippen MR) is 110 cm³/mol. The zero-order chi connectivity index (χ0) is 20.4. The van der Waals surface area contributed by atoms with Crippen molar-refractivity contribution in [1.82, 2.24) is 14.5 Å². The SMILES string of the molecule is COc1ccc(F)cc1S(=O)(=O)NCc1cc(-c2cccs2)n(C2CCCC2)n1. The van der Waals surface area contributed by atoms with Gasteiger partial charge in [0.25, 0.3) is 0 Å². The normalized spacial score (nSPS) is 15.1. The number of hydrogen-bond acceptors (Lipinski definition) is 5. The number of nitrogens with one attached hydrogen (secondary N) is 1. The fourth-order valence-corrected chi connectivity index (χ4v) is 5.59. The van der Waals surface area contributed by atoms with Crippen LogP contribution in [-0.4, -0.2) is 25.3 Å². The molecule has 0 bridgehead atoms. The molecule has 4 rings (SSSR count). The van der Waals surface area contributed by atoms with Crippen LogP contribution in [0.5, 0.6) is 5.75 Å². The van der Waals surface area contributed by atoms with Gasteiger partial charge in [0.15, 0.2) is 0 Å². The highest BCUT2D eigenvalue weighted by Crippen LogP contribution is 2.35. The van der Waals surface area contributed by atoms with E-state index in [1.807, 2.05) is 28.3 Å². The van der Waals surface area contributed by atoms with Crippen LogP contribution < -0.4 is 9.46 Å². The van der Waals surface area contributed by atoms with E-state index >= 15 is 0 Å². The Hall–Kier alpha value is -2.23. The lowest BCUT2D eigenvalue weighted by atomic mass is 10.2. The molecule has 154 valence electrons. The summed E-state index contributed by atoms with van der Waals surface area (Å²) in [5.74, 6) is -0.550. The molecule has 0 spiro atoms. The van der Waals surface area contributed by atoms with Gasteiger partial charge < -0.3 is 4.74 Å². The van der Waals surface area contributed by atoms with Crippen molar-refractivity contribution in [2.24, 2.45) is 0 Å². The quantitative estimate of drug-likeness (QED) is 0.599. The minimum absolute atomic E-state index is 0.0140. The Morgan fingerprint density at radius 1 is 1.28 bits per heavy atom. The summed E-state index contributed by atoms with van der Waals surface area (Å²) < 4.78 is 48.7. The molecule has 0 saturated heterocycles. The van der Waals surface area contributed by atoms with Gasteiger partial charge in [-0.3, -0.25) is 4.68 Å². The van der Waals surface area contributed by atoms with Gasteiger partial charge in [0.05, 0.1) is 36.0 Å². The minimum Gasteiger partial charge on any atom is -0.495 e. The van der Waals surface area contributed by atoms with Crippen LogP contribution in [0.4, 0.5) is 4.39 Å². The summed E-state index contributed by atoms with van der Waals surface area (Å²) in [5.41, 5.74) is 1.63. The number of sulfonamides is 1. The van der Waals surface area contributed by atoms with Crippen LogP contribution in [0.1, 0.15) is 37.4 Å².